The van der Waals surface area contributed by atoms with Gasteiger partial charge in [-0.1, -0.05) is 5.21 Å². The second-order valence-electron chi connectivity index (χ2n) is 6.77. The third-order valence-corrected chi connectivity index (χ3v) is 4.41. The van der Waals surface area contributed by atoms with E-state index < -0.39 is 30.4 Å². The van der Waals surface area contributed by atoms with Crippen molar-refractivity contribution in [3.05, 3.63) is 42.6 Å². The molecule has 166 valence electrons. The maximum Gasteiger partial charge on any atom is 0.303 e. The summed E-state index contributed by atoms with van der Waals surface area (Å²) in [5.74, 6) is -0.131. The van der Waals surface area contributed by atoms with Crippen LogP contribution in [0.15, 0.2) is 42.6 Å². The van der Waals surface area contributed by atoms with Crippen LogP contribution in [0.2, 0.25) is 0 Å². The highest BCUT2D eigenvalue weighted by atomic mass is 16.7. The lowest BCUT2D eigenvalue weighted by molar-refractivity contribution is -0.197. The van der Waals surface area contributed by atoms with Gasteiger partial charge in [-0.3, -0.25) is 9.59 Å². The van der Waals surface area contributed by atoms with Gasteiger partial charge in [0, 0.05) is 19.4 Å². The highest BCUT2D eigenvalue weighted by Crippen LogP contribution is 2.20. The van der Waals surface area contributed by atoms with Gasteiger partial charge in [-0.2, -0.15) is 0 Å². The lowest BCUT2D eigenvalue weighted by Gasteiger charge is -2.31. The van der Waals surface area contributed by atoms with Gasteiger partial charge in [0.2, 0.25) is 0 Å². The number of rotatable bonds is 9. The Balaban J connectivity index is 1.52. The Labute approximate surface area is 179 Å². The van der Waals surface area contributed by atoms with Gasteiger partial charge in [0.1, 0.15) is 30.3 Å². The average Bonchev–Trinajstić information content (AvgIpc) is 3.22. The molecule has 0 amide bonds. The molecule has 1 aromatic carbocycles. The zero-order valence-corrected chi connectivity index (χ0v) is 17.6. The van der Waals surface area contributed by atoms with Crippen molar-refractivity contribution in [1.29, 1.82) is 0 Å². The number of benzene rings is 1. The first-order chi connectivity index (χ1) is 14.9. The molecule has 31 heavy (non-hydrogen) atoms. The van der Waals surface area contributed by atoms with E-state index in [2.05, 4.69) is 10.3 Å². The number of esters is 2. The summed E-state index contributed by atoms with van der Waals surface area (Å²) < 4.78 is 28.5. The van der Waals surface area contributed by atoms with Crippen molar-refractivity contribution in [3.63, 3.8) is 0 Å². The summed E-state index contributed by atoms with van der Waals surface area (Å²) in [6.45, 7) is 3.31. The van der Waals surface area contributed by atoms with Crippen LogP contribution in [0.5, 0.6) is 5.75 Å². The van der Waals surface area contributed by atoms with Gasteiger partial charge in [0.05, 0.1) is 26.5 Å². The molecule has 1 aromatic heterocycles. The topological polar surface area (TPSA) is 111 Å². The molecular formula is C21H25N3O7. The minimum atomic E-state index is -0.669. The molecule has 0 fully saturated rings. The molecule has 10 heteroatoms. The molecule has 1 aliphatic heterocycles. The second-order valence-corrected chi connectivity index (χ2v) is 6.77. The Morgan fingerprint density at radius 1 is 1.13 bits per heavy atom. The van der Waals surface area contributed by atoms with E-state index in [4.69, 9.17) is 23.7 Å². The number of hydrogen-bond donors (Lipinski definition) is 0. The standard InChI is InChI=1S/C21H25N3O7/c1-14(25)29-13-20-19(30-15(2)26)8-9-21(31-20)28-11-10-24-12-18(22-23-24)16-4-6-17(27-3)7-5-16/h4-9,12,19-21H,10-11,13H2,1-3H3/t19-,20+,21-/m0/s1. The van der Waals surface area contributed by atoms with Crippen LogP contribution in [-0.4, -0.2) is 65.8 Å². The van der Waals surface area contributed by atoms with E-state index in [1.807, 2.05) is 30.5 Å². The average molecular weight is 431 g/mol. The summed E-state index contributed by atoms with van der Waals surface area (Å²) in [5, 5.41) is 8.28. The summed E-state index contributed by atoms with van der Waals surface area (Å²) in [6, 6.07) is 7.54. The first-order valence-corrected chi connectivity index (χ1v) is 9.75. The fourth-order valence-electron chi connectivity index (χ4n) is 2.92. The van der Waals surface area contributed by atoms with Crippen molar-refractivity contribution in [2.24, 2.45) is 0 Å². The zero-order chi connectivity index (χ0) is 22.2. The first-order valence-electron chi connectivity index (χ1n) is 9.75. The summed E-state index contributed by atoms with van der Waals surface area (Å²) in [6.07, 6.45) is 3.17. The lowest BCUT2D eigenvalue weighted by Crippen LogP contribution is -2.42. The number of hydrogen-bond acceptors (Lipinski definition) is 9. The van der Waals surface area contributed by atoms with Crippen molar-refractivity contribution in [2.75, 3.05) is 20.3 Å². The number of ether oxygens (including phenoxy) is 5. The van der Waals surface area contributed by atoms with Crippen LogP contribution in [0.4, 0.5) is 0 Å². The normalized spacial score (nSPS) is 20.3. The van der Waals surface area contributed by atoms with Gasteiger partial charge in [-0.05, 0) is 36.4 Å². The van der Waals surface area contributed by atoms with Gasteiger partial charge in [0.15, 0.2) is 6.29 Å². The van der Waals surface area contributed by atoms with E-state index in [9.17, 15) is 9.59 Å². The van der Waals surface area contributed by atoms with Gasteiger partial charge < -0.3 is 23.7 Å². The molecule has 1 aliphatic rings. The molecule has 0 spiro atoms. The second kappa shape index (κ2) is 10.7. The van der Waals surface area contributed by atoms with Gasteiger partial charge >= 0.3 is 11.9 Å². The lowest BCUT2D eigenvalue weighted by atomic mass is 10.1. The van der Waals surface area contributed by atoms with E-state index in [1.165, 1.54) is 13.8 Å². The third kappa shape index (κ3) is 6.63. The largest absolute Gasteiger partial charge is 0.497 e. The van der Waals surface area contributed by atoms with Crippen molar-refractivity contribution in [3.8, 4) is 17.0 Å². The van der Waals surface area contributed by atoms with Crippen molar-refractivity contribution in [2.45, 2.75) is 38.9 Å². The maximum atomic E-state index is 11.3. The number of methoxy groups -OCH3 is 1. The minimum absolute atomic E-state index is 0.0498. The number of carbonyl (C=O) groups excluding carboxylic acids is 2. The maximum absolute atomic E-state index is 11.3. The Morgan fingerprint density at radius 3 is 2.58 bits per heavy atom. The fraction of sp³-hybridized carbons (Fsp3) is 0.429. The summed E-state index contributed by atoms with van der Waals surface area (Å²) in [4.78, 5) is 22.4. The van der Waals surface area contributed by atoms with Crippen molar-refractivity contribution in [1.82, 2.24) is 15.0 Å². The predicted molar refractivity (Wildman–Crippen MR) is 108 cm³/mol. The minimum Gasteiger partial charge on any atom is -0.497 e. The molecule has 3 atom stereocenters. The van der Waals surface area contributed by atoms with Crippen molar-refractivity contribution >= 4 is 11.9 Å². The SMILES string of the molecule is COc1ccc(-c2cn(CCO[C@@H]3C=C[C@H](OC(C)=O)[C@@H](COC(C)=O)O3)nn2)cc1. The van der Waals surface area contributed by atoms with Crippen LogP contribution in [0.3, 0.4) is 0 Å². The molecule has 0 saturated heterocycles. The molecule has 2 aromatic rings. The van der Waals surface area contributed by atoms with E-state index in [-0.39, 0.29) is 6.61 Å². The Hall–Kier alpha value is -3.24. The Kier molecular flexibility index (Phi) is 7.74. The predicted octanol–water partition coefficient (Wildman–Crippen LogP) is 1.75. The Morgan fingerprint density at radius 2 is 1.90 bits per heavy atom. The van der Waals surface area contributed by atoms with Crippen LogP contribution >= 0.6 is 0 Å². The van der Waals surface area contributed by atoms with E-state index >= 15 is 0 Å². The number of carbonyl (C=O) groups is 2. The molecule has 10 nitrogen and oxygen atoms in total. The van der Waals surface area contributed by atoms with Crippen LogP contribution in [0.25, 0.3) is 11.3 Å². The smallest absolute Gasteiger partial charge is 0.303 e. The highest BCUT2D eigenvalue weighted by molar-refractivity contribution is 5.67. The molecule has 0 saturated carbocycles. The van der Waals surface area contributed by atoms with Crippen LogP contribution < -0.4 is 4.74 Å². The quantitative estimate of drug-likeness (QED) is 0.433. The molecule has 0 unspecified atom stereocenters. The van der Waals surface area contributed by atoms with Gasteiger partial charge in [0.25, 0.3) is 0 Å². The molecule has 0 radical (unpaired) electrons. The Bertz CT molecular complexity index is 910. The van der Waals surface area contributed by atoms with Gasteiger partial charge in [-0.15, -0.1) is 5.10 Å². The van der Waals surface area contributed by atoms with Crippen LogP contribution in [0, 0.1) is 0 Å². The molecule has 2 heterocycles. The monoisotopic (exact) mass is 431 g/mol. The van der Waals surface area contributed by atoms with Crippen LogP contribution in [0.1, 0.15) is 13.8 Å². The summed E-state index contributed by atoms with van der Waals surface area (Å²) in [7, 11) is 1.62. The van der Waals surface area contributed by atoms with Crippen molar-refractivity contribution < 1.29 is 33.3 Å². The summed E-state index contributed by atoms with van der Waals surface area (Å²) in [5.41, 5.74) is 1.67. The zero-order valence-electron chi connectivity index (χ0n) is 17.6. The number of aromatic nitrogens is 3. The summed E-state index contributed by atoms with van der Waals surface area (Å²) >= 11 is 0. The fourth-order valence-corrected chi connectivity index (χ4v) is 2.92. The molecule has 0 N–H and O–H groups in total. The van der Waals surface area contributed by atoms with Gasteiger partial charge in [-0.25, -0.2) is 4.68 Å². The van der Waals surface area contributed by atoms with Crippen LogP contribution in [-0.2, 0) is 35.1 Å². The molecular weight excluding hydrogens is 406 g/mol. The van der Waals surface area contributed by atoms with E-state index in [0.717, 1.165) is 17.0 Å². The first kappa shape index (κ1) is 22.4. The van der Waals surface area contributed by atoms with E-state index in [0.29, 0.717) is 13.2 Å². The third-order valence-electron chi connectivity index (χ3n) is 4.41. The molecule has 0 bridgehead atoms. The molecule has 3 rings (SSSR count). The van der Waals surface area contributed by atoms with E-state index in [1.54, 1.807) is 23.9 Å². The number of nitrogens with zero attached hydrogens (tertiary/aromatic N) is 3. The molecule has 0 aliphatic carbocycles. The highest BCUT2D eigenvalue weighted by Gasteiger charge is 2.31.